The summed E-state index contributed by atoms with van der Waals surface area (Å²) in [6.45, 7) is 10.4. The zero-order valence-corrected chi connectivity index (χ0v) is 36.3. The number of oxazole rings is 1. The number of rotatable bonds is 11. The quantitative estimate of drug-likeness (QED) is 0.0917. The number of hydrogen-bond donors (Lipinski definition) is 5. The van der Waals surface area contributed by atoms with Crippen molar-refractivity contribution in [1.29, 1.82) is 0 Å². The van der Waals surface area contributed by atoms with Crippen LogP contribution in [0.4, 0.5) is 13.2 Å². The van der Waals surface area contributed by atoms with E-state index in [-0.39, 0.29) is 23.6 Å². The molecule has 0 aliphatic carbocycles. The number of H-pyrrole nitrogens is 1. The minimum atomic E-state index is -0.761. The van der Waals surface area contributed by atoms with Gasteiger partial charge in [0.2, 0.25) is 0 Å². The van der Waals surface area contributed by atoms with E-state index in [1.165, 1.54) is 36.4 Å². The summed E-state index contributed by atoms with van der Waals surface area (Å²) in [6, 6.07) is 24.6. The Labute approximate surface area is 372 Å². The summed E-state index contributed by atoms with van der Waals surface area (Å²) in [7, 11) is 0. The van der Waals surface area contributed by atoms with Gasteiger partial charge in [0, 0.05) is 70.5 Å². The van der Waals surface area contributed by atoms with E-state index < -0.39 is 22.6 Å². The average molecular weight is 884 g/mol. The van der Waals surface area contributed by atoms with E-state index in [2.05, 4.69) is 31.8 Å². The van der Waals surface area contributed by atoms with Crippen molar-refractivity contribution in [2.75, 3.05) is 52.4 Å². The first-order chi connectivity index (χ1) is 30.7. The summed E-state index contributed by atoms with van der Waals surface area (Å²) in [6.07, 6.45) is 8.66. The maximum atomic E-state index is 13.1. The molecule has 1 unspecified atom stereocenters. The molecular formula is C50H60F3N5O6. The predicted molar refractivity (Wildman–Crippen MR) is 242 cm³/mol. The maximum absolute atomic E-state index is 13.1. The van der Waals surface area contributed by atoms with Crippen LogP contribution in [-0.2, 0) is 24.1 Å². The van der Waals surface area contributed by atoms with Gasteiger partial charge in [0.25, 0.3) is 0 Å². The fraction of sp³-hybridized carbons (Fsp3) is 0.440. The number of aliphatic hydroxyl groups is 3. The SMILES string of the molecule is C=CCN1CCC(O)(Cc2ccc(F)cc2)CC1.O=c1[nH]c2ccc(C3=NOC(CN4CCC(O)(Cc5ccc(F)cc5)CC4)C3)cc2o1.OC1(Cc2ccc(F)cc2)CCNCC1. The van der Waals surface area contributed by atoms with Crippen LogP contribution in [0.2, 0.25) is 0 Å². The van der Waals surface area contributed by atoms with Gasteiger partial charge in [-0.05, 0) is 117 Å². The summed E-state index contributed by atoms with van der Waals surface area (Å²) in [5, 5.41) is 39.2. The highest BCUT2D eigenvalue weighted by molar-refractivity contribution is 6.03. The Bertz CT molecular complexity index is 2350. The zero-order chi connectivity index (χ0) is 45.2. The number of likely N-dealkylation sites (tertiary alicyclic amines) is 2. The summed E-state index contributed by atoms with van der Waals surface area (Å²) >= 11 is 0. The molecule has 1 atom stereocenters. The number of aromatic nitrogens is 1. The van der Waals surface area contributed by atoms with E-state index in [1.54, 1.807) is 48.5 Å². The number of aromatic amines is 1. The average Bonchev–Trinajstić information content (AvgIpc) is 3.91. The van der Waals surface area contributed by atoms with Crippen molar-refractivity contribution < 1.29 is 37.7 Å². The van der Waals surface area contributed by atoms with Crippen LogP contribution in [0, 0.1) is 17.5 Å². The van der Waals surface area contributed by atoms with Crippen LogP contribution in [0.3, 0.4) is 0 Å². The lowest BCUT2D eigenvalue weighted by Crippen LogP contribution is -2.47. The molecule has 0 saturated carbocycles. The minimum absolute atomic E-state index is 0.0489. The number of halogens is 3. The number of nitrogens with one attached hydrogen (secondary N) is 2. The summed E-state index contributed by atoms with van der Waals surface area (Å²) < 4.78 is 43.7. The van der Waals surface area contributed by atoms with E-state index >= 15 is 0 Å². The first-order valence-electron chi connectivity index (χ1n) is 22.3. The van der Waals surface area contributed by atoms with Crippen molar-refractivity contribution >= 4 is 16.8 Å². The van der Waals surface area contributed by atoms with Crippen molar-refractivity contribution in [2.24, 2.45) is 5.16 Å². The molecule has 5 N–H and O–H groups in total. The van der Waals surface area contributed by atoms with Gasteiger partial charge in [-0.3, -0.25) is 14.8 Å². The molecule has 5 aromatic rings. The molecule has 3 saturated heterocycles. The molecule has 1 aromatic heterocycles. The molecular weight excluding hydrogens is 824 g/mol. The second-order valence-corrected chi connectivity index (χ2v) is 17.9. The molecule has 3 fully saturated rings. The lowest BCUT2D eigenvalue weighted by Gasteiger charge is -2.38. The van der Waals surface area contributed by atoms with Crippen molar-refractivity contribution in [3.8, 4) is 0 Å². The van der Waals surface area contributed by atoms with Crippen molar-refractivity contribution in [3.63, 3.8) is 0 Å². The summed E-state index contributed by atoms with van der Waals surface area (Å²) in [5.74, 6) is -1.19. The van der Waals surface area contributed by atoms with Crippen molar-refractivity contribution in [2.45, 2.75) is 87.1 Å². The van der Waals surface area contributed by atoms with Crippen LogP contribution in [0.5, 0.6) is 0 Å². The van der Waals surface area contributed by atoms with Crippen LogP contribution in [-0.4, -0.2) is 111 Å². The van der Waals surface area contributed by atoms with Gasteiger partial charge in [-0.2, -0.15) is 0 Å². The molecule has 14 heteroatoms. The first-order valence-corrected chi connectivity index (χ1v) is 22.3. The smallest absolute Gasteiger partial charge is 0.408 e. The Morgan fingerprint density at radius 1 is 0.688 bits per heavy atom. The van der Waals surface area contributed by atoms with Crippen molar-refractivity contribution in [1.82, 2.24) is 20.1 Å². The number of oxime groups is 1. The van der Waals surface area contributed by atoms with E-state index in [9.17, 15) is 33.3 Å². The predicted octanol–water partition coefficient (Wildman–Crippen LogP) is 6.69. The lowest BCUT2D eigenvalue weighted by atomic mass is 9.85. The molecule has 5 heterocycles. The maximum Gasteiger partial charge on any atom is 0.417 e. The zero-order valence-electron chi connectivity index (χ0n) is 36.3. The molecule has 4 aliphatic rings. The van der Waals surface area contributed by atoms with Gasteiger partial charge in [0.15, 0.2) is 5.58 Å². The third-order valence-corrected chi connectivity index (χ3v) is 12.8. The van der Waals surface area contributed by atoms with Gasteiger partial charge in [-0.25, -0.2) is 18.0 Å². The molecule has 4 aliphatic heterocycles. The van der Waals surface area contributed by atoms with Gasteiger partial charge >= 0.3 is 5.76 Å². The normalized spacial score (nSPS) is 20.5. The Hall–Kier alpha value is -5.09. The standard InChI is InChI=1S/C23H24FN3O4.C15H20FNO.C12H16FNO/c24-17-4-1-15(2-5-17)13-23(29)7-9-27(10-8-23)14-18-12-20(26-31-18)16-3-6-19-21(11-16)30-22(28)25-19;1-2-9-17-10-7-15(18,8-11-17)12-13-3-5-14(16)6-4-13;13-11-3-1-10(2-4-11)9-12(15)5-7-14-8-6-12/h1-6,11,18,29H,7-10,12-14H2,(H,25,28);2-6,18H,1,7-12H2;1-4,14-15H,5-9H2. The van der Waals surface area contributed by atoms with Crippen molar-refractivity contribution in [3.05, 3.63) is 154 Å². The van der Waals surface area contributed by atoms with Crippen LogP contribution in [0.15, 0.2) is 118 Å². The van der Waals surface area contributed by atoms with Gasteiger partial charge in [-0.1, -0.05) is 53.7 Å². The molecule has 11 nitrogen and oxygen atoms in total. The Balaban J connectivity index is 0.000000158. The fourth-order valence-electron chi connectivity index (χ4n) is 8.97. The van der Waals surface area contributed by atoms with E-state index in [0.29, 0.717) is 49.6 Å². The molecule has 9 rings (SSSR count). The van der Waals surface area contributed by atoms with Gasteiger partial charge in [0.05, 0.1) is 28.0 Å². The van der Waals surface area contributed by atoms with Gasteiger partial charge in [0.1, 0.15) is 23.6 Å². The number of nitrogens with zero attached hydrogens (tertiary/aromatic N) is 3. The third kappa shape index (κ3) is 13.5. The second-order valence-electron chi connectivity index (χ2n) is 17.9. The first kappa shape index (κ1) is 46.9. The lowest BCUT2D eigenvalue weighted by molar-refractivity contribution is -0.0340. The molecule has 0 amide bonds. The Morgan fingerprint density at radius 2 is 1.16 bits per heavy atom. The van der Waals surface area contributed by atoms with Crippen LogP contribution < -0.4 is 11.1 Å². The monoisotopic (exact) mass is 883 g/mol. The topological polar surface area (TPSA) is 147 Å². The van der Waals surface area contributed by atoms with Gasteiger partial charge < -0.3 is 29.9 Å². The highest BCUT2D eigenvalue weighted by Crippen LogP contribution is 2.29. The molecule has 64 heavy (non-hydrogen) atoms. The fourth-order valence-corrected chi connectivity index (χ4v) is 8.97. The van der Waals surface area contributed by atoms with Gasteiger partial charge in [-0.15, -0.1) is 6.58 Å². The molecule has 4 aromatic carbocycles. The van der Waals surface area contributed by atoms with E-state index in [0.717, 1.165) is 106 Å². The molecule has 0 spiro atoms. The largest absolute Gasteiger partial charge is 0.417 e. The second kappa shape index (κ2) is 21.3. The minimum Gasteiger partial charge on any atom is -0.408 e. The van der Waals surface area contributed by atoms with E-state index in [4.69, 9.17) is 9.25 Å². The number of fused-ring (bicyclic) bond motifs is 1. The highest BCUT2D eigenvalue weighted by Gasteiger charge is 2.35. The highest BCUT2D eigenvalue weighted by atomic mass is 19.1. The summed E-state index contributed by atoms with van der Waals surface area (Å²) in [5.41, 5.74) is 3.81. The van der Waals surface area contributed by atoms with Crippen LogP contribution >= 0.6 is 0 Å². The third-order valence-electron chi connectivity index (χ3n) is 12.8. The molecule has 342 valence electrons. The van der Waals surface area contributed by atoms with Crippen LogP contribution in [0.25, 0.3) is 11.1 Å². The van der Waals surface area contributed by atoms with Crippen LogP contribution in [0.1, 0.15) is 67.2 Å². The number of piperidine rings is 3. The number of hydrogen-bond acceptors (Lipinski definition) is 10. The summed E-state index contributed by atoms with van der Waals surface area (Å²) in [4.78, 5) is 24.2. The molecule has 0 radical (unpaired) electrons. The van der Waals surface area contributed by atoms with E-state index in [1.807, 2.05) is 12.1 Å². The number of benzene rings is 4. The molecule has 0 bridgehead atoms. The Kier molecular flexibility index (Phi) is 15.6. The Morgan fingerprint density at radius 3 is 1.64 bits per heavy atom.